The third-order valence-electron chi connectivity index (χ3n) is 2.37. The summed E-state index contributed by atoms with van der Waals surface area (Å²) in [7, 11) is 0. The summed E-state index contributed by atoms with van der Waals surface area (Å²) in [6.07, 6.45) is 2.63. The summed E-state index contributed by atoms with van der Waals surface area (Å²) in [6, 6.07) is 1.09. The summed E-state index contributed by atoms with van der Waals surface area (Å²) in [5.41, 5.74) is 5.34. The summed E-state index contributed by atoms with van der Waals surface area (Å²) in [5.74, 6) is -1.67. The van der Waals surface area contributed by atoms with Crippen molar-refractivity contribution in [2.24, 2.45) is 5.73 Å². The fourth-order valence-electron chi connectivity index (χ4n) is 1.45. The number of benzene rings is 1. The van der Waals surface area contributed by atoms with Gasteiger partial charge in [-0.3, -0.25) is 10.1 Å². The maximum atomic E-state index is 13.3. The van der Waals surface area contributed by atoms with Gasteiger partial charge in [0.05, 0.1) is 11.0 Å². The number of aromatic hydroxyl groups is 1. The molecule has 1 rings (SSSR count). The molecule has 0 saturated carbocycles. The molecule has 5 nitrogen and oxygen atoms in total. The van der Waals surface area contributed by atoms with Crippen LogP contribution in [-0.2, 0) is 0 Å². The minimum absolute atomic E-state index is 0.0403. The van der Waals surface area contributed by atoms with Gasteiger partial charge in [-0.2, -0.15) is 0 Å². The average molecular weight is 240 g/mol. The molecule has 6 heteroatoms. The maximum absolute atomic E-state index is 13.3. The van der Waals surface area contributed by atoms with Crippen LogP contribution in [0.1, 0.15) is 24.4 Å². The number of phenols is 1. The zero-order valence-electron chi connectivity index (χ0n) is 9.10. The molecule has 0 unspecified atom stereocenters. The molecule has 0 saturated heterocycles. The van der Waals surface area contributed by atoms with E-state index >= 15 is 0 Å². The number of nitrogens with two attached hydrogens (primary N) is 1. The Morgan fingerprint density at radius 2 is 2.29 bits per heavy atom. The molecular formula is C11H13FN2O3. The molecule has 0 spiro atoms. The van der Waals surface area contributed by atoms with Crippen LogP contribution in [0.2, 0.25) is 0 Å². The molecule has 1 atom stereocenters. The van der Waals surface area contributed by atoms with Crippen molar-refractivity contribution >= 4 is 5.69 Å². The van der Waals surface area contributed by atoms with Crippen LogP contribution in [0.15, 0.2) is 24.8 Å². The molecular weight excluding hydrogens is 227 g/mol. The SMILES string of the molecule is C=CCC[C@@H](N)c1cc([N+](=O)[O-])cc(F)c1O. The first-order valence-electron chi connectivity index (χ1n) is 5.00. The number of nitrogens with zero attached hydrogens (tertiary/aromatic N) is 1. The van der Waals surface area contributed by atoms with Gasteiger partial charge in [0, 0.05) is 17.7 Å². The molecule has 0 radical (unpaired) electrons. The van der Waals surface area contributed by atoms with Gasteiger partial charge in [0.2, 0.25) is 0 Å². The molecule has 0 fully saturated rings. The number of rotatable bonds is 5. The largest absolute Gasteiger partial charge is 0.505 e. The lowest BCUT2D eigenvalue weighted by atomic mass is 10.0. The summed E-state index contributed by atoms with van der Waals surface area (Å²) in [6.45, 7) is 3.51. The number of nitro benzene ring substituents is 1. The highest BCUT2D eigenvalue weighted by molar-refractivity contribution is 5.45. The third kappa shape index (κ3) is 3.01. The monoisotopic (exact) mass is 240 g/mol. The van der Waals surface area contributed by atoms with Gasteiger partial charge in [-0.1, -0.05) is 6.08 Å². The van der Waals surface area contributed by atoms with E-state index in [0.717, 1.165) is 6.07 Å². The zero-order valence-corrected chi connectivity index (χ0v) is 9.10. The van der Waals surface area contributed by atoms with Crippen LogP contribution in [0.25, 0.3) is 0 Å². The van der Waals surface area contributed by atoms with Gasteiger partial charge < -0.3 is 10.8 Å². The van der Waals surface area contributed by atoms with Gasteiger partial charge in [0.25, 0.3) is 5.69 Å². The third-order valence-corrected chi connectivity index (χ3v) is 2.37. The topological polar surface area (TPSA) is 89.4 Å². The number of phenolic OH excluding ortho intramolecular Hbond substituents is 1. The van der Waals surface area contributed by atoms with E-state index in [0.29, 0.717) is 18.9 Å². The molecule has 0 aliphatic carbocycles. The molecule has 0 heterocycles. The smallest absolute Gasteiger partial charge is 0.272 e. The zero-order chi connectivity index (χ0) is 13.0. The lowest BCUT2D eigenvalue weighted by molar-refractivity contribution is -0.385. The minimum Gasteiger partial charge on any atom is -0.505 e. The van der Waals surface area contributed by atoms with Crippen LogP contribution in [0, 0.1) is 15.9 Å². The van der Waals surface area contributed by atoms with E-state index in [9.17, 15) is 19.6 Å². The van der Waals surface area contributed by atoms with Crippen molar-refractivity contribution in [3.05, 3.63) is 46.3 Å². The maximum Gasteiger partial charge on any atom is 0.272 e. The number of halogens is 1. The van der Waals surface area contributed by atoms with Crippen molar-refractivity contribution in [2.45, 2.75) is 18.9 Å². The fraction of sp³-hybridized carbons (Fsp3) is 0.273. The van der Waals surface area contributed by atoms with E-state index in [1.54, 1.807) is 6.08 Å². The van der Waals surface area contributed by atoms with Gasteiger partial charge in [-0.05, 0) is 12.8 Å². The normalized spacial score (nSPS) is 12.1. The summed E-state index contributed by atoms with van der Waals surface area (Å²) < 4.78 is 13.3. The van der Waals surface area contributed by atoms with E-state index in [1.165, 1.54) is 0 Å². The number of hydrogen-bond donors (Lipinski definition) is 2. The Bertz CT molecular complexity index is 449. The van der Waals surface area contributed by atoms with E-state index in [2.05, 4.69) is 6.58 Å². The second-order valence-electron chi connectivity index (χ2n) is 3.60. The van der Waals surface area contributed by atoms with Gasteiger partial charge >= 0.3 is 0 Å². The van der Waals surface area contributed by atoms with Gasteiger partial charge in [0.1, 0.15) is 0 Å². The Balaban J connectivity index is 3.12. The summed E-state index contributed by atoms with van der Waals surface area (Å²) in [5, 5.41) is 20.0. The molecule has 1 aromatic carbocycles. The van der Waals surface area contributed by atoms with Gasteiger partial charge in [-0.15, -0.1) is 6.58 Å². The van der Waals surface area contributed by atoms with Gasteiger partial charge in [0.15, 0.2) is 11.6 Å². The van der Waals surface area contributed by atoms with Crippen molar-refractivity contribution in [3.63, 3.8) is 0 Å². The molecule has 92 valence electrons. The van der Waals surface area contributed by atoms with Gasteiger partial charge in [-0.25, -0.2) is 4.39 Å². The fourth-order valence-corrected chi connectivity index (χ4v) is 1.45. The highest BCUT2D eigenvalue weighted by Gasteiger charge is 2.19. The van der Waals surface area contributed by atoms with E-state index in [4.69, 9.17) is 5.73 Å². The first-order chi connectivity index (χ1) is 7.97. The van der Waals surface area contributed by atoms with Crippen molar-refractivity contribution in [2.75, 3.05) is 0 Å². The van der Waals surface area contributed by atoms with Crippen LogP contribution >= 0.6 is 0 Å². The lowest BCUT2D eigenvalue weighted by Gasteiger charge is -2.12. The minimum atomic E-state index is -1.04. The predicted molar refractivity (Wildman–Crippen MR) is 61.1 cm³/mol. The molecule has 17 heavy (non-hydrogen) atoms. The average Bonchev–Trinajstić information content (AvgIpc) is 2.29. The van der Waals surface area contributed by atoms with Crippen LogP contribution < -0.4 is 5.73 Å². The quantitative estimate of drug-likeness (QED) is 0.469. The molecule has 3 N–H and O–H groups in total. The van der Waals surface area contributed by atoms with Crippen LogP contribution in [0.5, 0.6) is 5.75 Å². The number of non-ortho nitro benzene ring substituents is 1. The van der Waals surface area contributed by atoms with Crippen molar-refractivity contribution in [3.8, 4) is 5.75 Å². The lowest BCUT2D eigenvalue weighted by Crippen LogP contribution is -2.11. The van der Waals surface area contributed by atoms with E-state index in [1.807, 2.05) is 0 Å². The van der Waals surface area contributed by atoms with E-state index < -0.39 is 28.2 Å². The molecule has 0 aliphatic rings. The van der Waals surface area contributed by atoms with Crippen molar-refractivity contribution in [1.29, 1.82) is 0 Å². The summed E-state index contributed by atoms with van der Waals surface area (Å²) >= 11 is 0. The second-order valence-corrected chi connectivity index (χ2v) is 3.60. The molecule has 0 aliphatic heterocycles. The number of allylic oxidation sites excluding steroid dienone is 1. The van der Waals surface area contributed by atoms with Crippen molar-refractivity contribution in [1.82, 2.24) is 0 Å². The van der Waals surface area contributed by atoms with Crippen LogP contribution in [-0.4, -0.2) is 10.0 Å². The highest BCUT2D eigenvalue weighted by Crippen LogP contribution is 2.32. The highest BCUT2D eigenvalue weighted by atomic mass is 19.1. The Hall–Kier alpha value is -1.95. The first kappa shape index (κ1) is 13.1. The van der Waals surface area contributed by atoms with Crippen LogP contribution in [0.4, 0.5) is 10.1 Å². The summed E-state index contributed by atoms with van der Waals surface area (Å²) in [4.78, 5) is 9.82. The Morgan fingerprint density at radius 3 is 2.82 bits per heavy atom. The Labute approximate surface area is 97.5 Å². The van der Waals surface area contributed by atoms with Crippen molar-refractivity contribution < 1.29 is 14.4 Å². The van der Waals surface area contributed by atoms with E-state index in [-0.39, 0.29) is 5.56 Å². The predicted octanol–water partition coefficient (Wildman–Crippen LogP) is 2.41. The van der Waals surface area contributed by atoms with Crippen LogP contribution in [0.3, 0.4) is 0 Å². The number of hydrogen-bond acceptors (Lipinski definition) is 4. The molecule has 0 bridgehead atoms. The molecule has 0 aromatic heterocycles. The number of nitro groups is 1. The standard InChI is InChI=1S/C11H13FN2O3/c1-2-3-4-10(13)8-5-7(14(16)17)6-9(12)11(8)15/h2,5-6,10,15H,1,3-4,13H2/t10-/m1/s1. The molecule has 1 aromatic rings. The molecule has 0 amide bonds. The first-order valence-corrected chi connectivity index (χ1v) is 5.00. The second kappa shape index (κ2) is 5.40. The Kier molecular flexibility index (Phi) is 4.17. The Morgan fingerprint density at radius 1 is 1.65 bits per heavy atom.